The van der Waals surface area contributed by atoms with Crippen molar-refractivity contribution in [1.82, 2.24) is 15.0 Å². The van der Waals surface area contributed by atoms with Crippen molar-refractivity contribution in [2.24, 2.45) is 0 Å². The predicted molar refractivity (Wildman–Crippen MR) is 87.3 cm³/mol. The maximum atomic E-state index is 5.91. The lowest BCUT2D eigenvalue weighted by atomic mass is 10.2. The van der Waals surface area contributed by atoms with Crippen molar-refractivity contribution in [2.75, 3.05) is 0 Å². The van der Waals surface area contributed by atoms with E-state index in [4.69, 9.17) is 21.1 Å². The molecular weight excluding hydrogens is 314 g/mol. The number of hydrogen-bond acceptors (Lipinski definition) is 5. The van der Waals surface area contributed by atoms with Gasteiger partial charge in [-0.15, -0.1) is 4.98 Å². The van der Waals surface area contributed by atoms with Gasteiger partial charge in [-0.3, -0.25) is 0 Å². The Hall–Kier alpha value is -2.66. The second kappa shape index (κ2) is 6.62. The summed E-state index contributed by atoms with van der Waals surface area (Å²) in [6.07, 6.45) is 0. The van der Waals surface area contributed by atoms with Crippen LogP contribution in [0.25, 0.3) is 0 Å². The smallest absolute Gasteiger partial charge is 0.329 e. The third-order valence-electron chi connectivity index (χ3n) is 3.03. The minimum atomic E-state index is 0.00391. The summed E-state index contributed by atoms with van der Waals surface area (Å²) in [5.41, 5.74) is 2.27. The molecule has 3 rings (SSSR count). The summed E-state index contributed by atoms with van der Waals surface area (Å²) in [7, 11) is 0. The van der Waals surface area contributed by atoms with Crippen molar-refractivity contribution in [2.45, 2.75) is 13.8 Å². The molecule has 0 radical (unpaired) electrons. The summed E-state index contributed by atoms with van der Waals surface area (Å²) in [6.45, 7) is 3.99. The van der Waals surface area contributed by atoms with Crippen LogP contribution in [0.15, 0.2) is 48.5 Å². The highest BCUT2D eigenvalue weighted by atomic mass is 35.5. The molecule has 0 fully saturated rings. The summed E-state index contributed by atoms with van der Waals surface area (Å²) in [4.78, 5) is 12.0. The number of benzene rings is 2. The van der Waals surface area contributed by atoms with Crippen molar-refractivity contribution in [3.63, 3.8) is 0 Å². The Morgan fingerprint density at radius 3 is 1.43 bits per heavy atom. The Kier molecular flexibility index (Phi) is 4.39. The number of ether oxygens (including phenoxy) is 2. The Morgan fingerprint density at radius 1 is 0.652 bits per heavy atom. The fourth-order valence-corrected chi connectivity index (χ4v) is 1.97. The van der Waals surface area contributed by atoms with Crippen LogP contribution in [0.4, 0.5) is 0 Å². The summed E-state index contributed by atoms with van der Waals surface area (Å²) in [6, 6.07) is 15.2. The lowest BCUT2D eigenvalue weighted by Gasteiger charge is -2.07. The summed E-state index contributed by atoms with van der Waals surface area (Å²) >= 11 is 5.91. The molecule has 0 saturated carbocycles. The lowest BCUT2D eigenvalue weighted by Crippen LogP contribution is -1.98. The zero-order valence-corrected chi connectivity index (χ0v) is 13.4. The van der Waals surface area contributed by atoms with Crippen LogP contribution >= 0.6 is 11.6 Å². The second-order valence-corrected chi connectivity index (χ2v) is 5.34. The molecule has 0 amide bonds. The first kappa shape index (κ1) is 15.2. The van der Waals surface area contributed by atoms with Gasteiger partial charge >= 0.3 is 12.0 Å². The largest absolute Gasteiger partial charge is 0.424 e. The Labute approximate surface area is 138 Å². The molecule has 0 N–H and O–H groups in total. The van der Waals surface area contributed by atoms with Crippen LogP contribution in [-0.2, 0) is 0 Å². The molecule has 6 heteroatoms. The van der Waals surface area contributed by atoms with E-state index >= 15 is 0 Å². The number of aryl methyl sites for hydroxylation is 2. The maximum absolute atomic E-state index is 5.91. The molecule has 116 valence electrons. The first-order valence-corrected chi connectivity index (χ1v) is 7.37. The Balaban J connectivity index is 1.81. The zero-order chi connectivity index (χ0) is 16.2. The molecule has 0 bridgehead atoms. The molecule has 1 aromatic heterocycles. The van der Waals surface area contributed by atoms with Crippen molar-refractivity contribution < 1.29 is 9.47 Å². The van der Waals surface area contributed by atoms with Gasteiger partial charge in [0.2, 0.25) is 5.28 Å². The first-order valence-electron chi connectivity index (χ1n) is 6.99. The predicted octanol–water partition coefficient (Wildman–Crippen LogP) is 4.73. The number of aromatic nitrogens is 3. The summed E-state index contributed by atoms with van der Waals surface area (Å²) in [5, 5.41) is 0.00391. The highest BCUT2D eigenvalue weighted by molar-refractivity contribution is 6.28. The molecule has 0 saturated heterocycles. The van der Waals surface area contributed by atoms with Gasteiger partial charge in [0, 0.05) is 0 Å². The molecule has 5 nitrogen and oxygen atoms in total. The van der Waals surface area contributed by atoms with Gasteiger partial charge < -0.3 is 9.47 Å². The molecule has 0 aliphatic heterocycles. The van der Waals surface area contributed by atoms with Gasteiger partial charge in [0.15, 0.2) is 0 Å². The van der Waals surface area contributed by atoms with E-state index in [1.165, 1.54) is 0 Å². The average molecular weight is 328 g/mol. The molecule has 0 aliphatic rings. The lowest BCUT2D eigenvalue weighted by molar-refractivity contribution is 0.397. The molecule has 0 aliphatic carbocycles. The van der Waals surface area contributed by atoms with Crippen molar-refractivity contribution >= 4 is 11.6 Å². The minimum absolute atomic E-state index is 0.00391. The molecule has 1 heterocycles. The SMILES string of the molecule is Cc1ccc(Oc2nc(Cl)nc(Oc3ccc(C)cc3)n2)cc1. The fourth-order valence-electron chi connectivity index (χ4n) is 1.83. The van der Waals surface area contributed by atoms with E-state index < -0.39 is 0 Å². The molecular formula is C17H14ClN3O2. The van der Waals surface area contributed by atoms with Crippen LogP contribution in [0.2, 0.25) is 5.28 Å². The van der Waals surface area contributed by atoms with Gasteiger partial charge in [-0.1, -0.05) is 35.4 Å². The standard InChI is InChI=1S/C17H14ClN3O2/c1-11-3-7-13(8-4-11)22-16-19-15(18)20-17(21-16)23-14-9-5-12(2)6-10-14/h3-10H,1-2H3. The van der Waals surface area contributed by atoms with Crippen molar-refractivity contribution in [1.29, 1.82) is 0 Å². The van der Waals surface area contributed by atoms with Crippen LogP contribution in [0.5, 0.6) is 23.5 Å². The maximum Gasteiger partial charge on any atom is 0.329 e. The monoisotopic (exact) mass is 327 g/mol. The molecule has 0 unspecified atom stereocenters. The van der Waals surface area contributed by atoms with Gasteiger partial charge in [-0.05, 0) is 49.7 Å². The quantitative estimate of drug-likeness (QED) is 0.693. The second-order valence-electron chi connectivity index (χ2n) is 5.00. The number of hydrogen-bond donors (Lipinski definition) is 0. The number of halogens is 1. The van der Waals surface area contributed by atoms with Crippen molar-refractivity contribution in [3.05, 3.63) is 64.9 Å². The van der Waals surface area contributed by atoms with Gasteiger partial charge in [-0.25, -0.2) is 0 Å². The van der Waals surface area contributed by atoms with Gasteiger partial charge in [0.1, 0.15) is 11.5 Å². The van der Waals surface area contributed by atoms with Crippen LogP contribution in [0.1, 0.15) is 11.1 Å². The molecule has 0 atom stereocenters. The van der Waals surface area contributed by atoms with Crippen LogP contribution < -0.4 is 9.47 Å². The van der Waals surface area contributed by atoms with Crippen LogP contribution in [0.3, 0.4) is 0 Å². The van der Waals surface area contributed by atoms with Gasteiger partial charge in [0.25, 0.3) is 0 Å². The van der Waals surface area contributed by atoms with E-state index in [2.05, 4.69) is 15.0 Å². The third kappa shape index (κ3) is 4.17. The van der Waals surface area contributed by atoms with Crippen LogP contribution in [-0.4, -0.2) is 15.0 Å². The zero-order valence-electron chi connectivity index (χ0n) is 12.7. The van der Waals surface area contributed by atoms with Gasteiger partial charge in [0.05, 0.1) is 0 Å². The average Bonchev–Trinajstić information content (AvgIpc) is 2.51. The normalized spacial score (nSPS) is 10.4. The first-order chi connectivity index (χ1) is 11.1. The van der Waals surface area contributed by atoms with E-state index in [0.717, 1.165) is 11.1 Å². The molecule has 23 heavy (non-hydrogen) atoms. The molecule has 0 spiro atoms. The summed E-state index contributed by atoms with van der Waals surface area (Å²) in [5.74, 6) is 1.22. The third-order valence-corrected chi connectivity index (χ3v) is 3.20. The highest BCUT2D eigenvalue weighted by Crippen LogP contribution is 2.24. The number of nitrogens with zero attached hydrogens (tertiary/aromatic N) is 3. The molecule has 2 aromatic carbocycles. The summed E-state index contributed by atoms with van der Waals surface area (Å²) < 4.78 is 11.2. The van der Waals surface area contributed by atoms with E-state index in [-0.39, 0.29) is 17.3 Å². The Bertz CT molecular complexity index is 739. The topological polar surface area (TPSA) is 57.1 Å². The van der Waals surface area contributed by atoms with Crippen molar-refractivity contribution in [3.8, 4) is 23.5 Å². The van der Waals surface area contributed by atoms with E-state index in [9.17, 15) is 0 Å². The Morgan fingerprint density at radius 2 is 1.04 bits per heavy atom. The van der Waals surface area contributed by atoms with E-state index in [1.54, 1.807) is 0 Å². The fraction of sp³-hybridized carbons (Fsp3) is 0.118. The van der Waals surface area contributed by atoms with Crippen LogP contribution in [0, 0.1) is 13.8 Å². The molecule has 3 aromatic rings. The van der Waals surface area contributed by atoms with Gasteiger partial charge in [-0.2, -0.15) is 9.97 Å². The van der Waals surface area contributed by atoms with E-state index in [1.807, 2.05) is 62.4 Å². The highest BCUT2D eigenvalue weighted by Gasteiger charge is 2.09. The minimum Gasteiger partial charge on any atom is -0.424 e. The van der Waals surface area contributed by atoms with E-state index in [0.29, 0.717) is 11.5 Å². The number of rotatable bonds is 4.